The number of carbonyl (C=O) groups is 1. The van der Waals surface area contributed by atoms with Gasteiger partial charge >= 0.3 is 0 Å². The summed E-state index contributed by atoms with van der Waals surface area (Å²) >= 11 is 2.64. The summed E-state index contributed by atoms with van der Waals surface area (Å²) in [7, 11) is -3.59. The molecule has 0 radical (unpaired) electrons. The van der Waals surface area contributed by atoms with E-state index in [0.29, 0.717) is 36.3 Å². The van der Waals surface area contributed by atoms with Gasteiger partial charge in [-0.2, -0.15) is 4.31 Å². The number of anilines is 1. The molecule has 1 saturated heterocycles. The Hall–Kier alpha value is -1.53. The number of amides is 1. The predicted molar refractivity (Wildman–Crippen MR) is 95.3 cm³/mol. The van der Waals surface area contributed by atoms with Gasteiger partial charge < -0.3 is 10.1 Å². The average Bonchev–Trinajstić information content (AvgIpc) is 3.14. The van der Waals surface area contributed by atoms with Crippen LogP contribution in [0, 0.1) is 0 Å². The Kier molecular flexibility index (Phi) is 6.02. The fraction of sp³-hybridized carbons (Fsp3) is 0.357. The van der Waals surface area contributed by atoms with Gasteiger partial charge in [0.25, 0.3) is 0 Å². The number of ether oxygens (including phenoxy) is 1. The van der Waals surface area contributed by atoms with Crippen molar-refractivity contribution in [2.75, 3.05) is 37.4 Å². The number of hydrogen-bond acceptors (Lipinski definition) is 8. The fourth-order valence-corrected chi connectivity index (χ4v) is 4.96. The van der Waals surface area contributed by atoms with Crippen LogP contribution in [0.5, 0.6) is 0 Å². The maximum atomic E-state index is 12.6. The van der Waals surface area contributed by atoms with E-state index in [0.717, 1.165) is 0 Å². The molecule has 0 saturated carbocycles. The number of aromatic nitrogens is 2. The minimum atomic E-state index is -3.59. The number of thioether (sulfide) groups is 1. The summed E-state index contributed by atoms with van der Waals surface area (Å²) < 4.78 is 32.6. The quantitative estimate of drug-likeness (QED) is 0.729. The lowest BCUT2D eigenvalue weighted by atomic mass is 10.3. The summed E-state index contributed by atoms with van der Waals surface area (Å²) in [6, 6.07) is 6.27. The largest absolute Gasteiger partial charge is 0.379 e. The zero-order valence-electron chi connectivity index (χ0n) is 13.1. The minimum absolute atomic E-state index is 0.156. The van der Waals surface area contributed by atoms with Crippen molar-refractivity contribution in [3.63, 3.8) is 0 Å². The van der Waals surface area contributed by atoms with Crippen LogP contribution in [0.4, 0.5) is 5.69 Å². The van der Waals surface area contributed by atoms with Gasteiger partial charge in [0.1, 0.15) is 5.51 Å². The lowest BCUT2D eigenvalue weighted by molar-refractivity contribution is -0.113. The SMILES string of the molecule is O=C(CSc1nncs1)Nc1cccc(S(=O)(=O)N2CCOCC2)c1. The van der Waals surface area contributed by atoms with Crippen molar-refractivity contribution in [3.8, 4) is 0 Å². The predicted octanol–water partition coefficient (Wildman–Crippen LogP) is 1.29. The van der Waals surface area contributed by atoms with Crippen molar-refractivity contribution in [3.05, 3.63) is 29.8 Å². The standard InChI is InChI=1S/C14H16N4O4S3/c19-13(9-23-14-17-15-10-24-14)16-11-2-1-3-12(8-11)25(20,21)18-4-6-22-7-5-18/h1-3,8,10H,4-7,9H2,(H,16,19). The van der Waals surface area contributed by atoms with Crippen LogP contribution >= 0.6 is 23.1 Å². The number of rotatable bonds is 6. The first-order valence-electron chi connectivity index (χ1n) is 7.42. The van der Waals surface area contributed by atoms with Gasteiger partial charge in [0.2, 0.25) is 15.9 Å². The highest BCUT2D eigenvalue weighted by Gasteiger charge is 2.26. The summed E-state index contributed by atoms with van der Waals surface area (Å²) in [4.78, 5) is 12.2. The smallest absolute Gasteiger partial charge is 0.243 e. The van der Waals surface area contributed by atoms with E-state index in [1.165, 1.54) is 39.5 Å². The van der Waals surface area contributed by atoms with Crippen LogP contribution < -0.4 is 5.32 Å². The first kappa shape index (κ1) is 18.3. The normalized spacial score (nSPS) is 15.8. The van der Waals surface area contributed by atoms with E-state index in [9.17, 15) is 13.2 Å². The third kappa shape index (κ3) is 4.76. The van der Waals surface area contributed by atoms with Crippen LogP contribution in [0.3, 0.4) is 0 Å². The van der Waals surface area contributed by atoms with E-state index < -0.39 is 10.0 Å². The molecule has 1 aliphatic heterocycles. The van der Waals surface area contributed by atoms with Crippen LogP contribution in [0.15, 0.2) is 39.0 Å². The van der Waals surface area contributed by atoms with Crippen molar-refractivity contribution in [2.45, 2.75) is 9.24 Å². The summed E-state index contributed by atoms with van der Waals surface area (Å²) in [5, 5.41) is 10.3. The van der Waals surface area contributed by atoms with Gasteiger partial charge in [-0.1, -0.05) is 29.2 Å². The monoisotopic (exact) mass is 400 g/mol. The maximum Gasteiger partial charge on any atom is 0.243 e. The molecule has 1 amide bonds. The first-order chi connectivity index (χ1) is 12.1. The van der Waals surface area contributed by atoms with Crippen LogP contribution in [0.25, 0.3) is 0 Å². The van der Waals surface area contributed by atoms with Crippen molar-refractivity contribution in [1.29, 1.82) is 0 Å². The molecule has 134 valence electrons. The van der Waals surface area contributed by atoms with Crippen molar-refractivity contribution in [2.24, 2.45) is 0 Å². The highest BCUT2D eigenvalue weighted by atomic mass is 32.2. The summed E-state index contributed by atoms with van der Waals surface area (Å²) in [5.74, 6) is -0.0588. The number of morpholine rings is 1. The van der Waals surface area contributed by atoms with Crippen molar-refractivity contribution < 1.29 is 17.9 Å². The molecule has 25 heavy (non-hydrogen) atoms. The van der Waals surface area contributed by atoms with E-state index >= 15 is 0 Å². The first-order valence-corrected chi connectivity index (χ1v) is 10.7. The number of nitrogens with one attached hydrogen (secondary N) is 1. The molecule has 1 aliphatic rings. The van der Waals surface area contributed by atoms with Crippen molar-refractivity contribution >= 4 is 44.7 Å². The number of nitrogens with zero attached hydrogens (tertiary/aromatic N) is 3. The van der Waals surface area contributed by atoms with E-state index in [4.69, 9.17) is 4.74 Å². The molecule has 1 aromatic heterocycles. The maximum absolute atomic E-state index is 12.6. The Bertz CT molecular complexity index is 820. The van der Waals surface area contributed by atoms with Gasteiger partial charge in [0, 0.05) is 18.8 Å². The van der Waals surface area contributed by atoms with Gasteiger partial charge in [-0.3, -0.25) is 4.79 Å². The molecule has 1 fully saturated rings. The number of benzene rings is 1. The molecule has 2 aromatic rings. The Morgan fingerprint density at radius 1 is 1.36 bits per heavy atom. The van der Waals surface area contributed by atoms with Crippen LogP contribution in [-0.4, -0.2) is 60.9 Å². The molecule has 1 N–H and O–H groups in total. The second-order valence-electron chi connectivity index (χ2n) is 5.09. The molecule has 0 atom stereocenters. The number of sulfonamides is 1. The summed E-state index contributed by atoms with van der Waals surface area (Å²) in [6.45, 7) is 1.44. The number of carbonyl (C=O) groups excluding carboxylic acids is 1. The molecular weight excluding hydrogens is 384 g/mol. The minimum Gasteiger partial charge on any atom is -0.379 e. The summed E-state index contributed by atoms with van der Waals surface area (Å²) in [5.41, 5.74) is 2.04. The fourth-order valence-electron chi connectivity index (χ4n) is 2.22. The van der Waals surface area contributed by atoms with E-state index in [2.05, 4.69) is 15.5 Å². The third-order valence-corrected chi connectivity index (χ3v) is 7.15. The van der Waals surface area contributed by atoms with E-state index in [-0.39, 0.29) is 16.6 Å². The van der Waals surface area contributed by atoms with Gasteiger partial charge in [0.15, 0.2) is 4.34 Å². The highest BCUT2D eigenvalue weighted by Crippen LogP contribution is 2.22. The molecule has 3 rings (SSSR count). The van der Waals surface area contributed by atoms with Gasteiger partial charge in [-0.15, -0.1) is 10.2 Å². The molecule has 8 nitrogen and oxygen atoms in total. The molecule has 0 aliphatic carbocycles. The molecule has 0 bridgehead atoms. The second-order valence-corrected chi connectivity index (χ2v) is 9.08. The van der Waals surface area contributed by atoms with Gasteiger partial charge in [-0.05, 0) is 18.2 Å². The molecule has 0 unspecified atom stereocenters. The second kappa shape index (κ2) is 8.23. The Balaban J connectivity index is 1.65. The third-order valence-electron chi connectivity index (χ3n) is 3.39. The molecule has 0 spiro atoms. The molecular formula is C14H16N4O4S3. The zero-order chi connectivity index (χ0) is 17.7. The zero-order valence-corrected chi connectivity index (χ0v) is 15.6. The molecule has 11 heteroatoms. The van der Waals surface area contributed by atoms with Crippen LogP contribution in [0.2, 0.25) is 0 Å². The lowest BCUT2D eigenvalue weighted by Crippen LogP contribution is -2.40. The Morgan fingerprint density at radius 3 is 2.88 bits per heavy atom. The van der Waals surface area contributed by atoms with Crippen LogP contribution in [0.1, 0.15) is 0 Å². The Morgan fingerprint density at radius 2 is 2.16 bits per heavy atom. The van der Waals surface area contributed by atoms with Crippen LogP contribution in [-0.2, 0) is 19.6 Å². The number of hydrogen-bond donors (Lipinski definition) is 1. The molecule has 1 aromatic carbocycles. The topological polar surface area (TPSA) is 101 Å². The summed E-state index contributed by atoms with van der Waals surface area (Å²) in [6.07, 6.45) is 0. The highest BCUT2D eigenvalue weighted by molar-refractivity contribution is 8.01. The average molecular weight is 401 g/mol. The Labute approximate surface area is 153 Å². The van der Waals surface area contributed by atoms with Gasteiger partial charge in [-0.25, -0.2) is 8.42 Å². The van der Waals surface area contributed by atoms with Gasteiger partial charge in [0.05, 0.1) is 23.9 Å². The molecule has 2 heterocycles. The lowest BCUT2D eigenvalue weighted by Gasteiger charge is -2.26. The van der Waals surface area contributed by atoms with E-state index in [1.807, 2.05) is 0 Å². The van der Waals surface area contributed by atoms with Crippen molar-refractivity contribution in [1.82, 2.24) is 14.5 Å². The van der Waals surface area contributed by atoms with E-state index in [1.54, 1.807) is 17.6 Å².